The van der Waals surface area contributed by atoms with Gasteiger partial charge in [0.05, 0.1) is 13.4 Å². The lowest BCUT2D eigenvalue weighted by molar-refractivity contribution is 0.105. The van der Waals surface area contributed by atoms with Gasteiger partial charge in [-0.25, -0.2) is 4.79 Å². The predicted molar refractivity (Wildman–Crippen MR) is 51.4 cm³/mol. The van der Waals surface area contributed by atoms with Gasteiger partial charge in [0, 0.05) is 0 Å². The first-order valence-electron chi connectivity index (χ1n) is 4.71. The summed E-state index contributed by atoms with van der Waals surface area (Å²) in [4.78, 5) is 10.5. The van der Waals surface area contributed by atoms with Crippen LogP contribution in [0.1, 0.15) is 39.0 Å². The van der Waals surface area contributed by atoms with Crippen molar-refractivity contribution < 1.29 is 14.3 Å². The maximum atomic E-state index is 10.5. The zero-order valence-electron chi connectivity index (χ0n) is 8.41. The van der Waals surface area contributed by atoms with Gasteiger partial charge in [-0.2, -0.15) is 0 Å². The van der Waals surface area contributed by atoms with Gasteiger partial charge in [-0.15, -0.1) is 0 Å². The third-order valence-corrected chi connectivity index (χ3v) is 1.65. The molecule has 0 unspecified atom stereocenters. The normalized spacial score (nSPS) is 10.3. The van der Waals surface area contributed by atoms with Crippen molar-refractivity contribution in [3.8, 4) is 0 Å². The minimum absolute atomic E-state index is 0.662. The van der Waals surface area contributed by atoms with E-state index in [2.05, 4.69) is 16.4 Å². The van der Waals surface area contributed by atoms with E-state index in [9.17, 15) is 4.79 Å². The summed E-state index contributed by atoms with van der Waals surface area (Å²) in [7, 11) is 1.29. The van der Waals surface area contributed by atoms with Crippen molar-refractivity contribution in [2.24, 2.45) is 0 Å². The van der Waals surface area contributed by atoms with Crippen molar-refractivity contribution in [1.29, 1.82) is 0 Å². The number of hydrogen-bond donors (Lipinski definition) is 0. The molecule has 13 heavy (non-hydrogen) atoms. The number of unbranched alkanes of at least 4 members (excludes halogenated alkanes) is 4. The molecule has 0 N–H and O–H groups in total. The molecule has 0 aromatic carbocycles. The SMILES string of the molecule is CCCCCCC=COC(=O)OC. The van der Waals surface area contributed by atoms with Crippen LogP contribution in [0.25, 0.3) is 0 Å². The molecular weight excluding hydrogens is 168 g/mol. The predicted octanol–water partition coefficient (Wildman–Crippen LogP) is 3.25. The van der Waals surface area contributed by atoms with Crippen LogP contribution in [0, 0.1) is 0 Å². The second-order valence-electron chi connectivity index (χ2n) is 2.79. The lowest BCUT2D eigenvalue weighted by atomic mass is 10.2. The van der Waals surface area contributed by atoms with E-state index >= 15 is 0 Å². The van der Waals surface area contributed by atoms with Crippen molar-refractivity contribution >= 4 is 6.16 Å². The van der Waals surface area contributed by atoms with Crippen LogP contribution in [0.3, 0.4) is 0 Å². The fraction of sp³-hybridized carbons (Fsp3) is 0.700. The molecule has 0 radical (unpaired) electrons. The minimum Gasteiger partial charge on any atom is -0.437 e. The molecule has 0 heterocycles. The van der Waals surface area contributed by atoms with Crippen LogP contribution in [0.5, 0.6) is 0 Å². The Morgan fingerprint density at radius 3 is 2.69 bits per heavy atom. The summed E-state index contributed by atoms with van der Waals surface area (Å²) in [6, 6.07) is 0. The lowest BCUT2D eigenvalue weighted by Crippen LogP contribution is -1.97. The molecule has 0 aliphatic heterocycles. The first kappa shape index (κ1) is 12.0. The van der Waals surface area contributed by atoms with E-state index in [1.165, 1.54) is 32.6 Å². The van der Waals surface area contributed by atoms with Gasteiger partial charge < -0.3 is 9.47 Å². The molecule has 0 bridgehead atoms. The van der Waals surface area contributed by atoms with E-state index in [1.54, 1.807) is 0 Å². The molecule has 76 valence electrons. The van der Waals surface area contributed by atoms with Crippen molar-refractivity contribution in [3.63, 3.8) is 0 Å². The second-order valence-corrected chi connectivity index (χ2v) is 2.79. The smallest absolute Gasteiger partial charge is 0.437 e. The Morgan fingerprint density at radius 1 is 1.31 bits per heavy atom. The van der Waals surface area contributed by atoms with Crippen molar-refractivity contribution in [1.82, 2.24) is 0 Å². The van der Waals surface area contributed by atoms with E-state index in [0.717, 1.165) is 12.8 Å². The summed E-state index contributed by atoms with van der Waals surface area (Å²) >= 11 is 0. The summed E-state index contributed by atoms with van der Waals surface area (Å²) < 4.78 is 8.84. The Balaban J connectivity index is 3.17. The molecule has 3 nitrogen and oxygen atoms in total. The molecule has 3 heteroatoms. The van der Waals surface area contributed by atoms with Gasteiger partial charge in [0.2, 0.25) is 0 Å². The van der Waals surface area contributed by atoms with Gasteiger partial charge in [-0.05, 0) is 18.9 Å². The molecular formula is C10H18O3. The average molecular weight is 186 g/mol. The topological polar surface area (TPSA) is 35.5 Å². The third kappa shape index (κ3) is 8.92. The number of rotatable bonds is 6. The fourth-order valence-electron chi connectivity index (χ4n) is 0.909. The lowest BCUT2D eigenvalue weighted by Gasteiger charge is -1.95. The Bertz CT molecular complexity index is 152. The van der Waals surface area contributed by atoms with Gasteiger partial charge in [-0.1, -0.05) is 26.2 Å². The summed E-state index contributed by atoms with van der Waals surface area (Å²) in [5, 5.41) is 0. The van der Waals surface area contributed by atoms with E-state index in [4.69, 9.17) is 0 Å². The van der Waals surface area contributed by atoms with E-state index in [-0.39, 0.29) is 0 Å². The quantitative estimate of drug-likeness (QED) is 0.363. The molecule has 0 aliphatic carbocycles. The largest absolute Gasteiger partial charge is 0.512 e. The highest BCUT2D eigenvalue weighted by Gasteiger charge is 1.93. The Hall–Kier alpha value is -0.990. The second kappa shape index (κ2) is 9.10. The van der Waals surface area contributed by atoms with Gasteiger partial charge in [0.25, 0.3) is 0 Å². The van der Waals surface area contributed by atoms with Crippen LogP contribution in [0.2, 0.25) is 0 Å². The molecule has 0 amide bonds. The van der Waals surface area contributed by atoms with Crippen molar-refractivity contribution in [2.75, 3.05) is 7.11 Å². The summed E-state index contributed by atoms with van der Waals surface area (Å²) in [6.45, 7) is 2.18. The van der Waals surface area contributed by atoms with Crippen LogP contribution < -0.4 is 0 Å². The molecule has 0 aliphatic rings. The molecule has 0 fully saturated rings. The molecule has 0 atom stereocenters. The first-order valence-corrected chi connectivity index (χ1v) is 4.71. The summed E-state index contributed by atoms with van der Waals surface area (Å²) in [5.41, 5.74) is 0. The molecule has 0 rings (SSSR count). The molecule has 0 saturated carbocycles. The van der Waals surface area contributed by atoms with Crippen LogP contribution in [-0.4, -0.2) is 13.3 Å². The van der Waals surface area contributed by atoms with Crippen LogP contribution >= 0.6 is 0 Å². The number of allylic oxidation sites excluding steroid dienone is 1. The Labute approximate surface area is 79.7 Å². The summed E-state index contributed by atoms with van der Waals surface area (Å²) in [6.07, 6.45) is 8.41. The van der Waals surface area contributed by atoms with Gasteiger partial charge >= 0.3 is 6.16 Å². The highest BCUT2D eigenvalue weighted by Crippen LogP contribution is 2.02. The fourth-order valence-corrected chi connectivity index (χ4v) is 0.909. The molecule has 0 aromatic heterocycles. The number of carbonyl (C=O) groups excluding carboxylic acids is 1. The molecule has 0 spiro atoms. The van der Waals surface area contributed by atoms with Gasteiger partial charge in [-0.3, -0.25) is 0 Å². The Morgan fingerprint density at radius 2 is 2.08 bits per heavy atom. The van der Waals surface area contributed by atoms with Gasteiger partial charge in [0.15, 0.2) is 0 Å². The van der Waals surface area contributed by atoms with E-state index in [1.807, 2.05) is 6.08 Å². The van der Waals surface area contributed by atoms with Crippen molar-refractivity contribution in [2.45, 2.75) is 39.0 Å². The van der Waals surface area contributed by atoms with E-state index in [0.29, 0.717) is 0 Å². The third-order valence-electron chi connectivity index (χ3n) is 1.65. The van der Waals surface area contributed by atoms with Crippen LogP contribution in [0.4, 0.5) is 4.79 Å². The average Bonchev–Trinajstić information content (AvgIpc) is 2.16. The maximum absolute atomic E-state index is 10.5. The zero-order chi connectivity index (χ0) is 9.94. The Kier molecular flexibility index (Phi) is 8.41. The minimum atomic E-state index is -0.662. The number of ether oxygens (including phenoxy) is 2. The van der Waals surface area contributed by atoms with E-state index < -0.39 is 6.16 Å². The van der Waals surface area contributed by atoms with Crippen molar-refractivity contribution in [3.05, 3.63) is 12.3 Å². The maximum Gasteiger partial charge on any atom is 0.512 e. The number of hydrogen-bond acceptors (Lipinski definition) is 3. The monoisotopic (exact) mass is 186 g/mol. The van der Waals surface area contributed by atoms with Gasteiger partial charge in [0.1, 0.15) is 0 Å². The zero-order valence-corrected chi connectivity index (χ0v) is 8.41. The first-order chi connectivity index (χ1) is 6.31. The highest BCUT2D eigenvalue weighted by molar-refractivity contribution is 5.60. The van der Waals surface area contributed by atoms with Crippen LogP contribution in [0.15, 0.2) is 12.3 Å². The summed E-state index contributed by atoms with van der Waals surface area (Å²) in [5.74, 6) is 0. The van der Waals surface area contributed by atoms with Crippen LogP contribution in [-0.2, 0) is 9.47 Å². The standard InChI is InChI=1S/C10H18O3/c1-3-4-5-6-7-8-9-13-10(11)12-2/h8-9H,3-7H2,1-2H3. The highest BCUT2D eigenvalue weighted by atomic mass is 16.7. The molecule has 0 aromatic rings. The number of carbonyl (C=O) groups is 1. The number of methoxy groups -OCH3 is 1. The molecule has 0 saturated heterocycles.